The molecule has 0 aliphatic rings. The van der Waals surface area contributed by atoms with Crippen molar-refractivity contribution >= 4 is 56.6 Å². The molecule has 0 unspecified atom stereocenters. The molecular formula is C25H25Cl3N2O8S. The molecule has 210 valence electrons. The summed E-state index contributed by atoms with van der Waals surface area (Å²) in [4.78, 5) is 26.4. The second-order valence-corrected chi connectivity index (χ2v) is 11.3. The summed E-state index contributed by atoms with van der Waals surface area (Å²) in [5.41, 5.74) is 0. The quantitative estimate of drug-likeness (QED) is 0.200. The van der Waals surface area contributed by atoms with Gasteiger partial charge in [-0.1, -0.05) is 23.2 Å². The minimum absolute atomic E-state index is 0.0178. The van der Waals surface area contributed by atoms with Crippen LogP contribution in [-0.2, 0) is 35.4 Å². The van der Waals surface area contributed by atoms with Gasteiger partial charge in [-0.3, -0.25) is 9.59 Å². The van der Waals surface area contributed by atoms with Crippen LogP contribution in [0.1, 0.15) is 13.8 Å². The lowest BCUT2D eigenvalue weighted by atomic mass is 10.3. The fourth-order valence-corrected chi connectivity index (χ4v) is 5.57. The van der Waals surface area contributed by atoms with Gasteiger partial charge in [-0.2, -0.15) is 0 Å². The van der Waals surface area contributed by atoms with Gasteiger partial charge in [-0.15, -0.1) is 11.6 Å². The maximum Gasteiger partial charge on any atom is 0.303 e. The highest BCUT2D eigenvalue weighted by Crippen LogP contribution is 2.37. The first kappa shape index (κ1) is 30.6. The molecule has 0 radical (unpaired) electrons. The molecule has 14 heteroatoms. The largest absolute Gasteiger partial charge is 0.490 e. The Kier molecular flexibility index (Phi) is 10.9. The number of sulfone groups is 1. The van der Waals surface area contributed by atoms with E-state index in [1.165, 1.54) is 50.2 Å². The number of hydrogen-bond donors (Lipinski definition) is 0. The van der Waals surface area contributed by atoms with Crippen LogP contribution in [0, 0.1) is 0 Å². The molecule has 2 aromatic carbocycles. The SMILES string of the molecule is CC(=O)O[C@@H](CCl)COc1c(Cl)cc(S(=O)(=O)c2ccc(OC[C@@H](Cn3ccnc3)OC(C)=O)cc2)cc1Cl. The van der Waals surface area contributed by atoms with Gasteiger partial charge in [0.05, 0.1) is 38.6 Å². The number of imidazole rings is 1. The van der Waals surface area contributed by atoms with Gasteiger partial charge >= 0.3 is 11.9 Å². The predicted molar refractivity (Wildman–Crippen MR) is 143 cm³/mol. The summed E-state index contributed by atoms with van der Waals surface area (Å²) >= 11 is 18.3. The number of ether oxygens (including phenoxy) is 4. The van der Waals surface area contributed by atoms with Gasteiger partial charge in [-0.25, -0.2) is 13.4 Å². The Bertz CT molecular complexity index is 1360. The van der Waals surface area contributed by atoms with Gasteiger partial charge in [0.25, 0.3) is 0 Å². The van der Waals surface area contributed by atoms with Gasteiger partial charge in [0.1, 0.15) is 25.1 Å². The Morgan fingerprint density at radius 1 is 0.923 bits per heavy atom. The van der Waals surface area contributed by atoms with Crippen LogP contribution < -0.4 is 9.47 Å². The molecule has 1 heterocycles. The van der Waals surface area contributed by atoms with E-state index < -0.39 is 34.0 Å². The zero-order valence-corrected chi connectivity index (χ0v) is 24.0. The highest BCUT2D eigenvalue weighted by atomic mass is 35.5. The zero-order chi connectivity index (χ0) is 28.6. The molecule has 0 amide bonds. The summed E-state index contributed by atoms with van der Waals surface area (Å²) in [5.74, 6) is -0.602. The molecule has 0 fully saturated rings. The fraction of sp³-hybridized carbons (Fsp3) is 0.320. The molecule has 39 heavy (non-hydrogen) atoms. The number of hydrogen-bond acceptors (Lipinski definition) is 9. The highest BCUT2D eigenvalue weighted by Gasteiger charge is 2.23. The maximum absolute atomic E-state index is 13.2. The van der Waals surface area contributed by atoms with Crippen LogP contribution in [-0.4, -0.2) is 61.2 Å². The first-order valence-corrected chi connectivity index (χ1v) is 14.2. The number of nitrogens with zero attached hydrogens (tertiary/aromatic N) is 2. The second-order valence-electron chi connectivity index (χ2n) is 8.19. The minimum Gasteiger partial charge on any atom is -0.490 e. The van der Waals surface area contributed by atoms with E-state index in [0.29, 0.717) is 12.3 Å². The number of halogens is 3. The van der Waals surface area contributed by atoms with E-state index in [0.717, 1.165) is 0 Å². The van der Waals surface area contributed by atoms with Crippen LogP contribution in [0.3, 0.4) is 0 Å². The standard InChI is InChI=1S/C25H25Cl3N2O8S/c1-16(31)37-19(11-26)13-36-25-23(27)9-22(10-24(25)28)39(33,34)21-5-3-18(4-6-21)35-14-20(38-17(2)32)12-30-8-7-29-15-30/h3-10,15,19-20H,11-14H2,1-2H3/t19-,20+/m0/s1. The monoisotopic (exact) mass is 618 g/mol. The molecule has 3 aromatic rings. The maximum atomic E-state index is 13.2. The van der Waals surface area contributed by atoms with E-state index in [9.17, 15) is 18.0 Å². The lowest BCUT2D eigenvalue weighted by Gasteiger charge is -2.18. The highest BCUT2D eigenvalue weighted by molar-refractivity contribution is 7.91. The normalized spacial score (nSPS) is 12.8. The number of benzene rings is 2. The summed E-state index contributed by atoms with van der Waals surface area (Å²) in [6.45, 7) is 2.79. The van der Waals surface area contributed by atoms with Crippen LogP contribution >= 0.6 is 34.8 Å². The summed E-state index contributed by atoms with van der Waals surface area (Å²) < 4.78 is 49.7. The van der Waals surface area contributed by atoms with Crippen LogP contribution in [0.5, 0.6) is 11.5 Å². The molecule has 0 bridgehead atoms. The lowest BCUT2D eigenvalue weighted by molar-refractivity contribution is -0.148. The number of alkyl halides is 1. The van der Waals surface area contributed by atoms with Crippen LogP contribution in [0.2, 0.25) is 10.0 Å². The van der Waals surface area contributed by atoms with Crippen LogP contribution in [0.4, 0.5) is 0 Å². The smallest absolute Gasteiger partial charge is 0.303 e. The van der Waals surface area contributed by atoms with E-state index in [-0.39, 0.29) is 44.7 Å². The van der Waals surface area contributed by atoms with E-state index in [4.69, 9.17) is 53.8 Å². The van der Waals surface area contributed by atoms with Crippen molar-refractivity contribution in [3.05, 3.63) is 65.2 Å². The third-order valence-corrected chi connectivity index (χ3v) is 7.73. The first-order valence-electron chi connectivity index (χ1n) is 11.5. The van der Waals surface area contributed by atoms with Crippen molar-refractivity contribution in [3.63, 3.8) is 0 Å². The van der Waals surface area contributed by atoms with Gasteiger partial charge in [0.2, 0.25) is 9.84 Å². The topological polar surface area (TPSA) is 123 Å². The summed E-state index contributed by atoms with van der Waals surface area (Å²) in [7, 11) is -4.00. The van der Waals surface area contributed by atoms with Gasteiger partial charge in [0, 0.05) is 26.2 Å². The summed E-state index contributed by atoms with van der Waals surface area (Å²) in [6, 6.07) is 8.14. The third kappa shape index (κ3) is 8.76. The second kappa shape index (κ2) is 13.9. The molecule has 3 rings (SSSR count). The van der Waals surface area contributed by atoms with Crippen molar-refractivity contribution in [1.29, 1.82) is 0 Å². The Hall–Kier alpha value is -2.99. The first-order chi connectivity index (χ1) is 18.5. The van der Waals surface area contributed by atoms with Crippen LogP contribution in [0.25, 0.3) is 0 Å². The van der Waals surface area contributed by atoms with E-state index >= 15 is 0 Å². The molecule has 0 saturated carbocycles. The average molecular weight is 620 g/mol. The van der Waals surface area contributed by atoms with Crippen molar-refractivity contribution in [3.8, 4) is 11.5 Å². The number of aromatic nitrogens is 2. The van der Waals surface area contributed by atoms with Crippen molar-refractivity contribution in [2.45, 2.75) is 42.4 Å². The number of carbonyl (C=O) groups excluding carboxylic acids is 2. The molecule has 10 nitrogen and oxygen atoms in total. The van der Waals surface area contributed by atoms with Gasteiger partial charge in [0.15, 0.2) is 11.9 Å². The molecule has 0 aliphatic carbocycles. The molecule has 1 aromatic heterocycles. The Morgan fingerprint density at radius 2 is 1.51 bits per heavy atom. The molecule has 0 saturated heterocycles. The van der Waals surface area contributed by atoms with Crippen molar-refractivity contribution in [2.24, 2.45) is 0 Å². The van der Waals surface area contributed by atoms with Crippen molar-refractivity contribution in [2.75, 3.05) is 19.1 Å². The number of rotatable bonds is 13. The Morgan fingerprint density at radius 3 is 2.05 bits per heavy atom. The van der Waals surface area contributed by atoms with E-state index in [1.807, 2.05) is 0 Å². The molecule has 2 atom stereocenters. The van der Waals surface area contributed by atoms with E-state index in [1.54, 1.807) is 23.3 Å². The van der Waals surface area contributed by atoms with Gasteiger partial charge in [-0.05, 0) is 36.4 Å². The minimum atomic E-state index is -4.00. The van der Waals surface area contributed by atoms with Crippen molar-refractivity contribution in [1.82, 2.24) is 9.55 Å². The van der Waals surface area contributed by atoms with Crippen LogP contribution in [0.15, 0.2) is 64.9 Å². The molecular weight excluding hydrogens is 595 g/mol. The van der Waals surface area contributed by atoms with Gasteiger partial charge < -0.3 is 23.5 Å². The Labute approximate surface area is 240 Å². The summed E-state index contributed by atoms with van der Waals surface area (Å²) in [5, 5.41) is -0.0989. The fourth-order valence-electron chi connectivity index (χ4n) is 3.38. The predicted octanol–water partition coefficient (Wildman–Crippen LogP) is 4.58. The average Bonchev–Trinajstić information content (AvgIpc) is 3.38. The number of esters is 2. The molecule has 0 aliphatic heterocycles. The lowest BCUT2D eigenvalue weighted by Crippen LogP contribution is -2.28. The number of carbonyl (C=O) groups is 2. The third-order valence-electron chi connectivity index (χ3n) is 5.08. The zero-order valence-electron chi connectivity index (χ0n) is 20.9. The Balaban J connectivity index is 1.69. The van der Waals surface area contributed by atoms with Crippen molar-refractivity contribution < 1.29 is 37.0 Å². The molecule has 0 N–H and O–H groups in total. The van der Waals surface area contributed by atoms with E-state index in [2.05, 4.69) is 4.98 Å². The molecule has 0 spiro atoms. The summed E-state index contributed by atoms with van der Waals surface area (Å²) in [6.07, 6.45) is 3.60.